The first kappa shape index (κ1) is 23.9. The molecule has 0 aliphatic rings. The van der Waals surface area contributed by atoms with E-state index in [1.54, 1.807) is 50.0 Å². The highest BCUT2D eigenvalue weighted by atomic mass is 19.1. The van der Waals surface area contributed by atoms with E-state index in [-0.39, 0.29) is 28.6 Å². The summed E-state index contributed by atoms with van der Waals surface area (Å²) >= 11 is 0. The van der Waals surface area contributed by atoms with Gasteiger partial charge in [-0.1, -0.05) is 32.0 Å². The van der Waals surface area contributed by atoms with Crippen LogP contribution in [0.5, 0.6) is 0 Å². The number of carbonyl (C=O) groups excluding carboxylic acids is 1. The molecule has 4 rings (SSSR count). The predicted octanol–water partition coefficient (Wildman–Crippen LogP) is 3.63. The fourth-order valence-electron chi connectivity index (χ4n) is 3.38. The number of hydrogen-bond donors (Lipinski definition) is 2. The molecule has 2 N–H and O–H groups in total. The topological polar surface area (TPSA) is 137 Å². The van der Waals surface area contributed by atoms with E-state index in [0.717, 1.165) is 0 Å². The normalized spacial score (nSPS) is 12.4. The zero-order valence-electron chi connectivity index (χ0n) is 20.3. The van der Waals surface area contributed by atoms with Crippen LogP contribution in [0.4, 0.5) is 16.2 Å². The molecular weight excluding hydrogens is 453 g/mol. The first-order valence-corrected chi connectivity index (χ1v) is 10.9. The third-order valence-corrected chi connectivity index (χ3v) is 5.30. The van der Waals surface area contributed by atoms with Crippen LogP contribution in [0.3, 0.4) is 0 Å². The maximum absolute atomic E-state index is 15.4. The maximum Gasteiger partial charge on any atom is 0.315 e. The van der Waals surface area contributed by atoms with Crippen molar-refractivity contribution in [2.75, 3.05) is 5.32 Å². The van der Waals surface area contributed by atoms with Gasteiger partial charge in [0.15, 0.2) is 17.5 Å². The van der Waals surface area contributed by atoms with Gasteiger partial charge < -0.3 is 15.2 Å². The van der Waals surface area contributed by atoms with Crippen LogP contribution in [-0.2, 0) is 12.5 Å². The Kier molecular flexibility index (Phi) is 6.29. The summed E-state index contributed by atoms with van der Waals surface area (Å²) in [5, 5.41) is 13.8. The molecule has 0 spiro atoms. The van der Waals surface area contributed by atoms with Gasteiger partial charge in [0, 0.05) is 24.7 Å². The zero-order chi connectivity index (χ0) is 25.3. The van der Waals surface area contributed by atoms with E-state index in [9.17, 15) is 4.79 Å². The number of hydrogen-bond acceptors (Lipinski definition) is 9. The molecule has 3 aromatic heterocycles. The van der Waals surface area contributed by atoms with Gasteiger partial charge in [-0.3, -0.25) is 9.48 Å². The molecule has 0 aliphatic heterocycles. The van der Waals surface area contributed by atoms with Crippen LogP contribution in [0.1, 0.15) is 61.4 Å². The molecule has 1 amide bonds. The molecule has 1 atom stereocenters. The number of anilines is 2. The number of benzene rings is 1. The van der Waals surface area contributed by atoms with Gasteiger partial charge in [0.05, 0.1) is 11.6 Å². The summed E-state index contributed by atoms with van der Waals surface area (Å²) in [7, 11) is 1.79. The molecule has 182 valence electrons. The lowest BCUT2D eigenvalue weighted by molar-refractivity contribution is 0.0895. The number of rotatable bonds is 6. The summed E-state index contributed by atoms with van der Waals surface area (Å²) in [4.78, 5) is 29.3. The van der Waals surface area contributed by atoms with E-state index in [2.05, 4.69) is 40.8 Å². The largest absolute Gasteiger partial charge is 0.341 e. The van der Waals surface area contributed by atoms with Gasteiger partial charge in [0.1, 0.15) is 12.1 Å². The van der Waals surface area contributed by atoms with Gasteiger partial charge in [0.2, 0.25) is 5.95 Å². The highest BCUT2D eigenvalue weighted by Gasteiger charge is 2.25. The second-order valence-electron chi connectivity index (χ2n) is 9.14. The quantitative estimate of drug-likeness (QED) is 0.425. The maximum atomic E-state index is 15.4. The van der Waals surface area contributed by atoms with Crippen molar-refractivity contribution in [3.05, 3.63) is 59.4 Å². The van der Waals surface area contributed by atoms with Gasteiger partial charge in [0.25, 0.3) is 0 Å². The Labute approximate surface area is 201 Å². The minimum Gasteiger partial charge on any atom is -0.341 e. The van der Waals surface area contributed by atoms with Crippen molar-refractivity contribution in [1.82, 2.24) is 40.2 Å². The summed E-state index contributed by atoms with van der Waals surface area (Å²) < 4.78 is 22.1. The number of aromatic nitrogens is 7. The van der Waals surface area contributed by atoms with Crippen LogP contribution >= 0.6 is 0 Å². The fourth-order valence-corrected chi connectivity index (χ4v) is 3.38. The Balaban J connectivity index is 1.53. The number of halogens is 1. The van der Waals surface area contributed by atoms with Gasteiger partial charge in [-0.15, -0.1) is 0 Å². The standard InChI is InChI=1S/C23H26FN9O2/c1-12-14(13(2)27-19(34)20-30-21(32-35-20)23(3,4)5)7-8-15(17(12)24)18-25-11-26-22(29-18)28-16-9-10-33(6)31-16/h7-11,13H,1-6H3,(H,27,34)(H,25,26,28,29,31)/t13-/m0/s1. The number of carbonyl (C=O) groups is 1. The second-order valence-corrected chi connectivity index (χ2v) is 9.14. The average molecular weight is 480 g/mol. The molecule has 35 heavy (non-hydrogen) atoms. The van der Waals surface area contributed by atoms with Crippen molar-refractivity contribution in [3.63, 3.8) is 0 Å². The molecule has 11 nitrogen and oxygen atoms in total. The molecule has 3 heterocycles. The minimum atomic E-state index is -0.535. The fraction of sp³-hybridized carbons (Fsp3) is 0.348. The van der Waals surface area contributed by atoms with Gasteiger partial charge >= 0.3 is 11.8 Å². The zero-order valence-corrected chi connectivity index (χ0v) is 20.3. The molecule has 0 aliphatic carbocycles. The van der Waals surface area contributed by atoms with E-state index in [1.807, 2.05) is 20.8 Å². The molecule has 4 aromatic rings. The first-order valence-electron chi connectivity index (χ1n) is 10.9. The highest BCUT2D eigenvalue weighted by Crippen LogP contribution is 2.28. The lowest BCUT2D eigenvalue weighted by Crippen LogP contribution is -2.28. The molecule has 0 saturated carbocycles. The van der Waals surface area contributed by atoms with E-state index in [1.165, 1.54) is 6.33 Å². The summed E-state index contributed by atoms with van der Waals surface area (Å²) in [6.45, 7) is 9.13. The van der Waals surface area contributed by atoms with E-state index >= 15 is 4.39 Å². The number of nitrogens with zero attached hydrogens (tertiary/aromatic N) is 7. The van der Waals surface area contributed by atoms with Crippen LogP contribution in [0, 0.1) is 12.7 Å². The highest BCUT2D eigenvalue weighted by molar-refractivity contribution is 5.89. The van der Waals surface area contributed by atoms with Gasteiger partial charge in [-0.05, 0) is 31.0 Å². The van der Waals surface area contributed by atoms with Crippen molar-refractivity contribution in [3.8, 4) is 11.4 Å². The second kappa shape index (κ2) is 9.20. The van der Waals surface area contributed by atoms with E-state index < -0.39 is 17.8 Å². The van der Waals surface area contributed by atoms with Crippen LogP contribution < -0.4 is 10.6 Å². The van der Waals surface area contributed by atoms with E-state index in [0.29, 0.717) is 22.8 Å². The Bertz CT molecular complexity index is 1370. The van der Waals surface area contributed by atoms with Crippen molar-refractivity contribution < 1.29 is 13.7 Å². The molecule has 0 saturated heterocycles. The SMILES string of the molecule is Cc1c([C@H](C)NC(=O)c2nc(C(C)(C)C)no2)ccc(-c2ncnc(Nc3ccn(C)n3)n2)c1F. The average Bonchev–Trinajstić information content (AvgIpc) is 3.45. The van der Waals surface area contributed by atoms with Crippen molar-refractivity contribution in [1.29, 1.82) is 0 Å². The third kappa shape index (κ3) is 5.15. The number of nitrogens with one attached hydrogen (secondary N) is 2. The smallest absolute Gasteiger partial charge is 0.315 e. The van der Waals surface area contributed by atoms with Crippen molar-refractivity contribution in [2.24, 2.45) is 7.05 Å². The molecule has 0 unspecified atom stereocenters. The molecule has 0 bridgehead atoms. The van der Waals surface area contributed by atoms with E-state index in [4.69, 9.17) is 4.52 Å². The van der Waals surface area contributed by atoms with Crippen LogP contribution in [0.15, 0.2) is 35.2 Å². The summed E-state index contributed by atoms with van der Waals surface area (Å²) in [6, 6.07) is 4.54. The summed E-state index contributed by atoms with van der Waals surface area (Å²) in [5.74, 6) is 0.217. The predicted molar refractivity (Wildman–Crippen MR) is 125 cm³/mol. The Morgan fingerprint density at radius 2 is 1.94 bits per heavy atom. The molecular formula is C23H26FN9O2. The van der Waals surface area contributed by atoms with Gasteiger partial charge in [-0.2, -0.15) is 15.1 Å². The lowest BCUT2D eigenvalue weighted by Gasteiger charge is -2.17. The summed E-state index contributed by atoms with van der Waals surface area (Å²) in [6.07, 6.45) is 3.07. The minimum absolute atomic E-state index is 0.144. The lowest BCUT2D eigenvalue weighted by atomic mass is 9.96. The number of amides is 1. The molecule has 1 aromatic carbocycles. The van der Waals surface area contributed by atoms with Crippen molar-refractivity contribution >= 4 is 17.7 Å². The Morgan fingerprint density at radius 1 is 1.17 bits per heavy atom. The first-order chi connectivity index (χ1) is 16.5. The van der Waals surface area contributed by atoms with Crippen LogP contribution in [0.2, 0.25) is 0 Å². The van der Waals surface area contributed by atoms with Crippen LogP contribution in [0.25, 0.3) is 11.4 Å². The Hall–Kier alpha value is -4.22. The molecule has 12 heteroatoms. The Morgan fingerprint density at radius 3 is 2.60 bits per heavy atom. The summed E-state index contributed by atoms with van der Waals surface area (Å²) in [5.41, 5.74) is 0.806. The van der Waals surface area contributed by atoms with Crippen molar-refractivity contribution in [2.45, 2.75) is 46.1 Å². The third-order valence-electron chi connectivity index (χ3n) is 5.30. The van der Waals surface area contributed by atoms with Crippen LogP contribution in [-0.4, -0.2) is 40.8 Å². The number of aryl methyl sites for hydroxylation is 1. The van der Waals surface area contributed by atoms with Gasteiger partial charge in [-0.25, -0.2) is 14.4 Å². The molecule has 0 radical (unpaired) electrons. The monoisotopic (exact) mass is 479 g/mol. The molecule has 0 fully saturated rings.